The van der Waals surface area contributed by atoms with Crippen molar-refractivity contribution in [2.45, 2.75) is 31.7 Å². The molecule has 0 bridgehead atoms. The molecule has 1 aromatic rings. The summed E-state index contributed by atoms with van der Waals surface area (Å²) in [7, 11) is 3.79. The van der Waals surface area contributed by atoms with Crippen LogP contribution in [0.25, 0.3) is 0 Å². The first-order valence-corrected chi connectivity index (χ1v) is 6.19. The van der Waals surface area contributed by atoms with Gasteiger partial charge in [0.25, 0.3) is 5.56 Å². The average molecular weight is 269 g/mol. The number of aromatic amines is 1. The van der Waals surface area contributed by atoms with Crippen molar-refractivity contribution >= 4 is 0 Å². The molecule has 1 fully saturated rings. The second-order valence-corrected chi connectivity index (χ2v) is 5.08. The van der Waals surface area contributed by atoms with Gasteiger partial charge in [0.2, 0.25) is 0 Å². The maximum atomic E-state index is 11.9. The van der Waals surface area contributed by atoms with E-state index in [1.807, 2.05) is 19.0 Å². The normalized spacial score (nSPS) is 27.1. The molecule has 1 aliphatic rings. The molecule has 2 heterocycles. The standard InChI is InChI=1S/C12H19N3O4/c1-7-5-15(12(18)13-10(7)17)11-9(14(2)3)4-8(6-16)19-11/h5,8-9,11,16H,4,6H2,1-3H3,(H,13,17,18)/t8-,9-,11+/m0/s1. The molecule has 106 valence electrons. The summed E-state index contributed by atoms with van der Waals surface area (Å²) in [6, 6.07) is -0.0276. The van der Waals surface area contributed by atoms with Crippen molar-refractivity contribution in [1.82, 2.24) is 14.5 Å². The van der Waals surface area contributed by atoms with Crippen molar-refractivity contribution in [3.05, 3.63) is 32.6 Å². The van der Waals surface area contributed by atoms with E-state index in [1.165, 1.54) is 10.8 Å². The smallest absolute Gasteiger partial charge is 0.330 e. The number of likely N-dealkylation sites (N-methyl/N-ethyl adjacent to an activating group) is 1. The summed E-state index contributed by atoms with van der Waals surface area (Å²) >= 11 is 0. The first-order chi connectivity index (χ1) is 8.93. The monoisotopic (exact) mass is 269 g/mol. The summed E-state index contributed by atoms with van der Waals surface area (Å²) in [5, 5.41) is 9.21. The van der Waals surface area contributed by atoms with Gasteiger partial charge in [-0.15, -0.1) is 0 Å². The van der Waals surface area contributed by atoms with E-state index in [4.69, 9.17) is 4.74 Å². The van der Waals surface area contributed by atoms with Gasteiger partial charge >= 0.3 is 5.69 Å². The highest BCUT2D eigenvalue weighted by molar-refractivity contribution is 5.02. The van der Waals surface area contributed by atoms with E-state index in [-0.39, 0.29) is 24.3 Å². The largest absolute Gasteiger partial charge is 0.394 e. The second-order valence-electron chi connectivity index (χ2n) is 5.08. The molecule has 19 heavy (non-hydrogen) atoms. The van der Waals surface area contributed by atoms with E-state index in [1.54, 1.807) is 6.92 Å². The van der Waals surface area contributed by atoms with Crippen LogP contribution in [0, 0.1) is 6.92 Å². The summed E-state index contributed by atoms with van der Waals surface area (Å²) in [4.78, 5) is 27.5. The Kier molecular flexibility index (Phi) is 3.88. The maximum absolute atomic E-state index is 11.9. The highest BCUT2D eigenvalue weighted by Crippen LogP contribution is 2.30. The van der Waals surface area contributed by atoms with Crippen LogP contribution < -0.4 is 11.2 Å². The Bertz CT molecular complexity index is 563. The third kappa shape index (κ3) is 2.63. The van der Waals surface area contributed by atoms with E-state index >= 15 is 0 Å². The third-order valence-electron chi connectivity index (χ3n) is 3.45. The lowest BCUT2D eigenvalue weighted by molar-refractivity contribution is -0.0390. The number of H-pyrrole nitrogens is 1. The lowest BCUT2D eigenvalue weighted by atomic mass is 10.1. The van der Waals surface area contributed by atoms with E-state index in [2.05, 4.69) is 4.98 Å². The molecular formula is C12H19N3O4. The molecule has 0 unspecified atom stereocenters. The Morgan fingerprint density at radius 3 is 2.79 bits per heavy atom. The van der Waals surface area contributed by atoms with Crippen molar-refractivity contribution in [1.29, 1.82) is 0 Å². The molecule has 7 nitrogen and oxygen atoms in total. The van der Waals surface area contributed by atoms with Crippen molar-refractivity contribution < 1.29 is 9.84 Å². The minimum absolute atomic E-state index is 0.0276. The zero-order valence-electron chi connectivity index (χ0n) is 11.3. The van der Waals surface area contributed by atoms with Gasteiger partial charge in [0, 0.05) is 11.8 Å². The highest BCUT2D eigenvalue weighted by atomic mass is 16.5. The highest BCUT2D eigenvalue weighted by Gasteiger charge is 2.38. The Labute approximate surface area is 110 Å². The van der Waals surface area contributed by atoms with Gasteiger partial charge in [-0.25, -0.2) is 4.79 Å². The quantitative estimate of drug-likeness (QED) is 0.739. The molecule has 0 spiro atoms. The zero-order valence-corrected chi connectivity index (χ0v) is 11.3. The van der Waals surface area contributed by atoms with E-state index in [9.17, 15) is 14.7 Å². The predicted molar refractivity (Wildman–Crippen MR) is 69.1 cm³/mol. The van der Waals surface area contributed by atoms with Crippen LogP contribution in [0.1, 0.15) is 18.2 Å². The molecule has 0 radical (unpaired) electrons. The van der Waals surface area contributed by atoms with Gasteiger partial charge in [-0.05, 0) is 27.4 Å². The van der Waals surface area contributed by atoms with E-state index in [0.29, 0.717) is 12.0 Å². The predicted octanol–water partition coefficient (Wildman–Crippen LogP) is -0.945. The van der Waals surface area contributed by atoms with Gasteiger partial charge in [0.1, 0.15) is 0 Å². The van der Waals surface area contributed by atoms with Crippen molar-refractivity contribution in [3.63, 3.8) is 0 Å². The number of rotatable bonds is 3. The topological polar surface area (TPSA) is 87.6 Å². The van der Waals surface area contributed by atoms with Crippen molar-refractivity contribution in [2.75, 3.05) is 20.7 Å². The Balaban J connectivity index is 2.42. The van der Waals surface area contributed by atoms with Crippen LogP contribution in [0.3, 0.4) is 0 Å². The van der Waals surface area contributed by atoms with Crippen LogP contribution in [0.4, 0.5) is 0 Å². The number of aliphatic hydroxyl groups is 1. The number of hydrogen-bond donors (Lipinski definition) is 2. The molecule has 0 aromatic carbocycles. The fourth-order valence-corrected chi connectivity index (χ4v) is 2.34. The molecule has 0 amide bonds. The van der Waals surface area contributed by atoms with Gasteiger partial charge in [0.15, 0.2) is 6.23 Å². The number of aryl methyl sites for hydroxylation is 1. The SMILES string of the molecule is Cc1cn([C@@H]2O[C@H](CO)C[C@@H]2N(C)C)c(=O)[nH]c1=O. The fourth-order valence-electron chi connectivity index (χ4n) is 2.34. The molecule has 1 aliphatic heterocycles. The molecule has 3 atom stereocenters. The van der Waals surface area contributed by atoms with Gasteiger partial charge in [-0.1, -0.05) is 0 Å². The van der Waals surface area contributed by atoms with Gasteiger partial charge in [0.05, 0.1) is 18.8 Å². The molecule has 2 rings (SSSR count). The first kappa shape index (κ1) is 14.0. The number of aliphatic hydroxyl groups excluding tert-OH is 1. The van der Waals surface area contributed by atoms with Gasteiger partial charge < -0.3 is 14.7 Å². The molecule has 1 aromatic heterocycles. The summed E-state index contributed by atoms with van der Waals surface area (Å²) in [5.74, 6) is 0. The van der Waals surface area contributed by atoms with Gasteiger partial charge in [-0.3, -0.25) is 14.3 Å². The molecule has 0 aliphatic carbocycles. The van der Waals surface area contributed by atoms with Crippen LogP contribution >= 0.6 is 0 Å². The fraction of sp³-hybridized carbons (Fsp3) is 0.667. The van der Waals surface area contributed by atoms with Crippen molar-refractivity contribution in [3.8, 4) is 0 Å². The summed E-state index contributed by atoms with van der Waals surface area (Å²) in [6.07, 6.45) is 1.34. The van der Waals surface area contributed by atoms with Crippen LogP contribution in [0.5, 0.6) is 0 Å². The minimum Gasteiger partial charge on any atom is -0.394 e. The minimum atomic E-state index is -0.504. The second kappa shape index (κ2) is 5.28. The summed E-state index contributed by atoms with van der Waals surface area (Å²) in [6.45, 7) is 1.55. The Morgan fingerprint density at radius 2 is 2.21 bits per heavy atom. The lowest BCUT2D eigenvalue weighted by Gasteiger charge is -2.25. The van der Waals surface area contributed by atoms with Crippen LogP contribution in [0.15, 0.2) is 15.8 Å². The van der Waals surface area contributed by atoms with Crippen LogP contribution in [0.2, 0.25) is 0 Å². The summed E-state index contributed by atoms with van der Waals surface area (Å²) < 4.78 is 7.08. The molecule has 7 heteroatoms. The Hall–Kier alpha value is -1.44. The maximum Gasteiger partial charge on any atom is 0.330 e. The molecule has 0 saturated carbocycles. The molecule has 2 N–H and O–H groups in total. The van der Waals surface area contributed by atoms with Crippen LogP contribution in [-0.2, 0) is 4.74 Å². The molecular weight excluding hydrogens is 250 g/mol. The summed E-state index contributed by atoms with van der Waals surface area (Å²) in [5.41, 5.74) is -0.432. The number of nitrogens with one attached hydrogen (secondary N) is 1. The zero-order chi connectivity index (χ0) is 14.2. The number of hydrogen-bond acceptors (Lipinski definition) is 5. The molecule has 1 saturated heterocycles. The Morgan fingerprint density at radius 1 is 1.53 bits per heavy atom. The number of nitrogens with zero attached hydrogens (tertiary/aromatic N) is 2. The first-order valence-electron chi connectivity index (χ1n) is 6.19. The number of aromatic nitrogens is 2. The average Bonchev–Trinajstić information content (AvgIpc) is 2.78. The van der Waals surface area contributed by atoms with E-state index in [0.717, 1.165) is 0 Å². The number of ether oxygens (including phenoxy) is 1. The lowest BCUT2D eigenvalue weighted by Crippen LogP contribution is -2.40. The van der Waals surface area contributed by atoms with Crippen LogP contribution in [-0.4, -0.2) is 52.4 Å². The van der Waals surface area contributed by atoms with Gasteiger partial charge in [-0.2, -0.15) is 0 Å². The third-order valence-corrected chi connectivity index (χ3v) is 3.45. The van der Waals surface area contributed by atoms with E-state index < -0.39 is 11.9 Å². The van der Waals surface area contributed by atoms with Crippen molar-refractivity contribution in [2.24, 2.45) is 0 Å².